The second kappa shape index (κ2) is 11.6. The first kappa shape index (κ1) is 19.4. The summed E-state index contributed by atoms with van der Waals surface area (Å²) in [6.45, 7) is 6.28. The summed E-state index contributed by atoms with van der Waals surface area (Å²) in [5, 5.41) is 3.04. The molecule has 0 saturated carbocycles. The van der Waals surface area contributed by atoms with Gasteiger partial charge in [0.2, 0.25) is 0 Å². The van der Waals surface area contributed by atoms with E-state index in [4.69, 9.17) is 9.47 Å². The average Bonchev–Trinajstić information content (AvgIpc) is 2.63. The Labute approximate surface area is 150 Å². The van der Waals surface area contributed by atoms with E-state index in [2.05, 4.69) is 50.3 Å². The Morgan fingerprint density at radius 1 is 1.29 bits per heavy atom. The first-order valence-corrected chi connectivity index (χ1v) is 10.5. The van der Waals surface area contributed by atoms with Crippen molar-refractivity contribution in [1.29, 1.82) is 0 Å². The molecule has 1 aromatic carbocycles. The van der Waals surface area contributed by atoms with Crippen LogP contribution < -0.4 is 5.19 Å². The standard InChI is InChI=1S/C21H32O2Si/c1-3-18(2)17-20(24-19-11-5-4-6-12-19)13-7-9-15-22-21-14-8-10-16-23-21/h4-6,11-12,17-18,21H,3,7-10,13-16H2,1-2H3/b20-17+. The van der Waals surface area contributed by atoms with Crippen molar-refractivity contribution in [3.8, 4) is 0 Å². The molecule has 0 spiro atoms. The smallest absolute Gasteiger partial charge is 0.157 e. The molecule has 3 heteroatoms. The predicted octanol–water partition coefficient (Wildman–Crippen LogP) is 4.66. The molecule has 1 aromatic rings. The van der Waals surface area contributed by atoms with Gasteiger partial charge < -0.3 is 9.47 Å². The van der Waals surface area contributed by atoms with Crippen LogP contribution in [0.1, 0.15) is 58.8 Å². The van der Waals surface area contributed by atoms with Crippen LogP contribution in [0.25, 0.3) is 0 Å². The highest BCUT2D eigenvalue weighted by Crippen LogP contribution is 2.16. The summed E-state index contributed by atoms with van der Waals surface area (Å²) in [5.74, 6) is 0.670. The minimum atomic E-state index is 0.0556. The topological polar surface area (TPSA) is 18.5 Å². The number of rotatable bonds is 10. The van der Waals surface area contributed by atoms with Gasteiger partial charge in [-0.25, -0.2) is 0 Å². The normalized spacial score (nSPS) is 20.1. The Bertz CT molecular complexity index is 466. The number of hydrogen-bond donors (Lipinski definition) is 0. The highest BCUT2D eigenvalue weighted by Gasteiger charge is 2.13. The minimum absolute atomic E-state index is 0.0556. The third-order valence-electron chi connectivity index (χ3n) is 4.49. The quantitative estimate of drug-likeness (QED) is 0.454. The van der Waals surface area contributed by atoms with Crippen LogP contribution >= 0.6 is 0 Å². The van der Waals surface area contributed by atoms with Crippen LogP contribution in [0.3, 0.4) is 0 Å². The molecular weight excluding hydrogens is 312 g/mol. The third-order valence-corrected chi connectivity index (χ3v) is 5.85. The molecule has 2 nitrogen and oxygen atoms in total. The molecule has 1 saturated heterocycles. The van der Waals surface area contributed by atoms with E-state index in [9.17, 15) is 0 Å². The Balaban J connectivity index is 1.72. The molecule has 0 aromatic heterocycles. The summed E-state index contributed by atoms with van der Waals surface area (Å²) in [4.78, 5) is 0. The monoisotopic (exact) mass is 344 g/mol. The van der Waals surface area contributed by atoms with Crippen LogP contribution in [0.5, 0.6) is 0 Å². The van der Waals surface area contributed by atoms with Crippen molar-refractivity contribution < 1.29 is 9.47 Å². The fraction of sp³-hybridized carbons (Fsp3) is 0.619. The van der Waals surface area contributed by atoms with Gasteiger partial charge in [-0.2, -0.15) is 0 Å². The Morgan fingerprint density at radius 2 is 2.12 bits per heavy atom. The molecule has 2 rings (SSSR count). The number of benzene rings is 1. The molecule has 0 amide bonds. The van der Waals surface area contributed by atoms with Crippen LogP contribution in [0.2, 0.25) is 0 Å². The maximum absolute atomic E-state index is 5.85. The van der Waals surface area contributed by atoms with Gasteiger partial charge in [0.05, 0.1) is 0 Å². The lowest BCUT2D eigenvalue weighted by Gasteiger charge is -2.22. The Kier molecular flexibility index (Phi) is 9.40. The van der Waals surface area contributed by atoms with Crippen molar-refractivity contribution in [2.45, 2.75) is 65.1 Å². The molecule has 132 valence electrons. The molecule has 0 bridgehead atoms. The SMILES string of the molecule is CCC(C)/C=C(\CCCCOC1CCCCO1)[Si]c1ccccc1. The van der Waals surface area contributed by atoms with Crippen LogP contribution in [0.4, 0.5) is 0 Å². The molecule has 1 heterocycles. The fourth-order valence-corrected chi connectivity index (χ4v) is 4.23. The summed E-state index contributed by atoms with van der Waals surface area (Å²) in [7, 11) is 0.803. The van der Waals surface area contributed by atoms with E-state index in [1.165, 1.54) is 37.3 Å². The lowest BCUT2D eigenvalue weighted by molar-refractivity contribution is -0.162. The molecule has 1 fully saturated rings. The number of ether oxygens (including phenoxy) is 2. The van der Waals surface area contributed by atoms with Gasteiger partial charge in [-0.3, -0.25) is 0 Å². The fourth-order valence-electron chi connectivity index (χ4n) is 2.83. The maximum Gasteiger partial charge on any atom is 0.157 e. The van der Waals surface area contributed by atoms with Crippen LogP contribution in [-0.4, -0.2) is 29.0 Å². The van der Waals surface area contributed by atoms with Gasteiger partial charge in [0.1, 0.15) is 9.52 Å². The van der Waals surface area contributed by atoms with Crippen molar-refractivity contribution in [2.75, 3.05) is 13.2 Å². The lowest BCUT2D eigenvalue weighted by Crippen LogP contribution is -2.22. The summed E-state index contributed by atoms with van der Waals surface area (Å²) in [5.41, 5.74) is 0. The first-order valence-electron chi connectivity index (χ1n) is 9.54. The van der Waals surface area contributed by atoms with Gasteiger partial charge in [-0.1, -0.05) is 67.1 Å². The van der Waals surface area contributed by atoms with E-state index in [-0.39, 0.29) is 6.29 Å². The van der Waals surface area contributed by atoms with E-state index in [1.54, 1.807) is 5.20 Å². The predicted molar refractivity (Wildman–Crippen MR) is 103 cm³/mol. The highest BCUT2D eigenvalue weighted by molar-refractivity contribution is 6.60. The lowest BCUT2D eigenvalue weighted by atomic mass is 10.1. The summed E-state index contributed by atoms with van der Waals surface area (Å²) in [6.07, 6.45) is 10.8. The number of unbranched alkanes of at least 4 members (excludes halogenated alkanes) is 1. The second-order valence-corrected chi connectivity index (χ2v) is 8.16. The van der Waals surface area contributed by atoms with Crippen molar-refractivity contribution in [2.24, 2.45) is 5.92 Å². The molecule has 24 heavy (non-hydrogen) atoms. The van der Waals surface area contributed by atoms with E-state index in [0.717, 1.165) is 35.6 Å². The van der Waals surface area contributed by atoms with Gasteiger partial charge in [0.15, 0.2) is 6.29 Å². The van der Waals surface area contributed by atoms with Crippen LogP contribution in [-0.2, 0) is 9.47 Å². The molecule has 1 aliphatic heterocycles. The highest BCUT2D eigenvalue weighted by atomic mass is 28.2. The zero-order chi connectivity index (χ0) is 17.0. The molecule has 0 N–H and O–H groups in total. The van der Waals surface area contributed by atoms with E-state index in [1.807, 2.05) is 0 Å². The van der Waals surface area contributed by atoms with Crippen molar-refractivity contribution >= 4 is 14.7 Å². The van der Waals surface area contributed by atoms with E-state index >= 15 is 0 Å². The Morgan fingerprint density at radius 3 is 2.83 bits per heavy atom. The molecule has 2 atom stereocenters. The largest absolute Gasteiger partial charge is 0.353 e. The summed E-state index contributed by atoms with van der Waals surface area (Å²) >= 11 is 0. The van der Waals surface area contributed by atoms with Gasteiger partial charge in [-0.05, 0) is 44.4 Å². The number of hydrogen-bond acceptors (Lipinski definition) is 2. The van der Waals surface area contributed by atoms with Crippen molar-refractivity contribution in [3.05, 3.63) is 41.6 Å². The molecule has 0 aliphatic carbocycles. The zero-order valence-electron chi connectivity index (χ0n) is 15.3. The van der Waals surface area contributed by atoms with Gasteiger partial charge in [0, 0.05) is 13.2 Å². The molecule has 2 radical (unpaired) electrons. The maximum atomic E-state index is 5.85. The van der Waals surface area contributed by atoms with Crippen LogP contribution in [0, 0.1) is 5.92 Å². The summed E-state index contributed by atoms with van der Waals surface area (Å²) in [6, 6.07) is 10.9. The molecular formula is C21H32O2Si. The van der Waals surface area contributed by atoms with Crippen molar-refractivity contribution in [3.63, 3.8) is 0 Å². The molecule has 1 aliphatic rings. The zero-order valence-corrected chi connectivity index (χ0v) is 16.3. The second-order valence-electron chi connectivity index (χ2n) is 6.69. The minimum Gasteiger partial charge on any atom is -0.353 e. The van der Waals surface area contributed by atoms with Crippen molar-refractivity contribution in [1.82, 2.24) is 0 Å². The summed E-state index contributed by atoms with van der Waals surface area (Å²) < 4.78 is 11.5. The third kappa shape index (κ3) is 7.78. The Hall–Kier alpha value is -0.903. The van der Waals surface area contributed by atoms with Gasteiger partial charge >= 0.3 is 0 Å². The van der Waals surface area contributed by atoms with Gasteiger partial charge in [0.25, 0.3) is 0 Å². The van der Waals surface area contributed by atoms with Gasteiger partial charge in [-0.15, -0.1) is 0 Å². The first-order chi connectivity index (χ1) is 11.8. The van der Waals surface area contributed by atoms with E-state index in [0.29, 0.717) is 5.92 Å². The van der Waals surface area contributed by atoms with E-state index < -0.39 is 0 Å². The molecule has 2 unspecified atom stereocenters. The number of allylic oxidation sites excluding steroid dienone is 2. The van der Waals surface area contributed by atoms with Crippen LogP contribution in [0.15, 0.2) is 41.6 Å². The average molecular weight is 345 g/mol.